The first kappa shape index (κ1) is 72.8. The largest absolute Gasteiger partial charge is 0.491 e. The molecule has 0 bridgehead atoms. The molecule has 0 amide bonds. The van der Waals surface area contributed by atoms with Gasteiger partial charge < -0.3 is 43.7 Å². The van der Waals surface area contributed by atoms with Gasteiger partial charge in [0.05, 0.1) is 0 Å². The lowest BCUT2D eigenvalue weighted by molar-refractivity contribution is -0.143. The fraction of sp³-hybridized carbons (Fsp3) is 0.565. The van der Waals surface area contributed by atoms with Crippen molar-refractivity contribution in [2.24, 2.45) is 0 Å². The maximum Gasteiger partial charge on any atom is 0.333 e. The third-order valence-corrected chi connectivity index (χ3v) is 9.74. The number of carbonyl (C=O) groups is 3. The van der Waals surface area contributed by atoms with Crippen molar-refractivity contribution < 1.29 is 58.1 Å². The number of hydrogen-bond acceptors (Lipinski definition) is 12. The number of aliphatic hydroxyl groups excluding tert-OH is 3. The van der Waals surface area contributed by atoms with Crippen LogP contribution in [0.4, 0.5) is 0 Å². The predicted molar refractivity (Wildman–Crippen MR) is 304 cm³/mol. The van der Waals surface area contributed by atoms with E-state index in [0.717, 1.165) is 0 Å². The first-order chi connectivity index (χ1) is 35.5. The molecule has 0 aromatic heterocycles. The van der Waals surface area contributed by atoms with E-state index in [2.05, 4.69) is 61.3 Å². The van der Waals surface area contributed by atoms with Gasteiger partial charge in [0.15, 0.2) is 0 Å². The molecule has 0 aliphatic heterocycles. The van der Waals surface area contributed by atoms with Crippen LogP contribution in [0.3, 0.4) is 0 Å². The van der Waals surface area contributed by atoms with Crippen molar-refractivity contribution in [3.8, 4) is 17.2 Å². The van der Waals surface area contributed by atoms with E-state index < -0.39 is 36.2 Å². The molecular formula is C62H100O12. The molecule has 0 saturated heterocycles. The number of aliphatic hydroxyl groups is 3. The van der Waals surface area contributed by atoms with Gasteiger partial charge in [-0.3, -0.25) is 0 Å². The Kier molecular flexibility index (Phi) is 53.0. The van der Waals surface area contributed by atoms with Crippen LogP contribution in [0.5, 0.6) is 17.2 Å². The van der Waals surface area contributed by atoms with Gasteiger partial charge in [0.25, 0.3) is 0 Å². The Morgan fingerprint density at radius 1 is 0.365 bits per heavy atom. The Hall–Kier alpha value is -5.43. The Bertz CT molecular complexity index is 1560. The number of esters is 3. The summed E-state index contributed by atoms with van der Waals surface area (Å²) in [6.45, 7) is 28.2. The van der Waals surface area contributed by atoms with Crippen LogP contribution in [0, 0.1) is 0 Å². The Labute approximate surface area is 448 Å². The van der Waals surface area contributed by atoms with Crippen molar-refractivity contribution >= 4 is 17.9 Å². The van der Waals surface area contributed by atoms with Crippen LogP contribution in [0.2, 0.25) is 0 Å². The molecule has 3 aromatic rings. The van der Waals surface area contributed by atoms with Crippen LogP contribution >= 0.6 is 0 Å². The summed E-state index contributed by atoms with van der Waals surface area (Å²) in [7, 11) is 0. The smallest absolute Gasteiger partial charge is 0.333 e. The number of benzene rings is 3. The van der Waals surface area contributed by atoms with E-state index >= 15 is 0 Å². The quantitative estimate of drug-likeness (QED) is 0.0235. The fourth-order valence-electron chi connectivity index (χ4n) is 5.57. The minimum Gasteiger partial charge on any atom is -0.491 e. The molecule has 0 heterocycles. The van der Waals surface area contributed by atoms with Crippen LogP contribution in [0.15, 0.2) is 127 Å². The van der Waals surface area contributed by atoms with Crippen molar-refractivity contribution in [1.29, 1.82) is 0 Å². The summed E-state index contributed by atoms with van der Waals surface area (Å²) >= 11 is 0. The summed E-state index contributed by atoms with van der Waals surface area (Å²) < 4.78 is 30.2. The van der Waals surface area contributed by atoms with E-state index in [0.29, 0.717) is 34.0 Å². The highest BCUT2D eigenvalue weighted by atomic mass is 16.6. The van der Waals surface area contributed by atoms with Crippen molar-refractivity contribution in [1.82, 2.24) is 0 Å². The zero-order chi connectivity index (χ0) is 56.0. The van der Waals surface area contributed by atoms with E-state index in [1.165, 1.54) is 109 Å². The van der Waals surface area contributed by atoms with Crippen LogP contribution < -0.4 is 14.2 Å². The first-order valence-electron chi connectivity index (χ1n) is 27.1. The van der Waals surface area contributed by atoms with Gasteiger partial charge >= 0.3 is 17.9 Å². The number of hydrogen-bond donors (Lipinski definition) is 3. The van der Waals surface area contributed by atoms with Gasteiger partial charge in [-0.2, -0.15) is 0 Å². The summed E-state index contributed by atoms with van der Waals surface area (Å²) in [5, 5.41) is 28.5. The highest BCUT2D eigenvalue weighted by Crippen LogP contribution is 2.12. The average Bonchev–Trinajstić information content (AvgIpc) is 3.40. The van der Waals surface area contributed by atoms with Gasteiger partial charge in [-0.15, -0.1) is 0 Å². The third kappa shape index (κ3) is 51.5. The number of para-hydroxylation sites is 3. The molecule has 420 valence electrons. The lowest BCUT2D eigenvalue weighted by Crippen LogP contribution is -2.25. The molecular weight excluding hydrogens is 937 g/mol. The van der Waals surface area contributed by atoms with Crippen LogP contribution in [0.1, 0.15) is 171 Å². The molecule has 12 nitrogen and oxygen atoms in total. The van der Waals surface area contributed by atoms with E-state index in [1.807, 2.05) is 54.6 Å². The predicted octanol–water partition coefficient (Wildman–Crippen LogP) is 14.3. The van der Waals surface area contributed by atoms with Crippen molar-refractivity contribution in [2.45, 2.75) is 190 Å². The van der Waals surface area contributed by atoms with E-state index in [4.69, 9.17) is 28.4 Å². The zero-order valence-corrected chi connectivity index (χ0v) is 47.3. The molecule has 74 heavy (non-hydrogen) atoms. The minimum absolute atomic E-state index is 0.0769. The number of rotatable bonds is 32. The zero-order valence-electron chi connectivity index (χ0n) is 47.3. The topological polar surface area (TPSA) is 167 Å². The minimum atomic E-state index is -0.849. The molecule has 3 aromatic carbocycles. The maximum atomic E-state index is 11.0. The van der Waals surface area contributed by atoms with Gasteiger partial charge in [-0.1, -0.05) is 225 Å². The highest BCUT2D eigenvalue weighted by molar-refractivity contribution is 5.87. The molecule has 0 aliphatic carbocycles. The van der Waals surface area contributed by atoms with Crippen LogP contribution in [-0.4, -0.2) is 91.2 Å². The molecule has 3 unspecified atom stereocenters. The summed E-state index contributed by atoms with van der Waals surface area (Å²) in [5.74, 6) is 0.463. The Balaban J connectivity index is -0.000000855. The van der Waals surface area contributed by atoms with Gasteiger partial charge in [0.1, 0.15) is 75.2 Å². The van der Waals surface area contributed by atoms with Crippen LogP contribution in [-0.2, 0) is 28.6 Å². The van der Waals surface area contributed by atoms with Crippen molar-refractivity contribution in [3.05, 3.63) is 127 Å². The molecule has 0 spiro atoms. The van der Waals surface area contributed by atoms with E-state index in [9.17, 15) is 29.7 Å². The van der Waals surface area contributed by atoms with E-state index in [1.54, 1.807) is 57.2 Å². The summed E-state index contributed by atoms with van der Waals surface area (Å²) in [6.07, 6.45) is 21.6. The van der Waals surface area contributed by atoms with Crippen molar-refractivity contribution in [3.63, 3.8) is 0 Å². The second kappa shape index (κ2) is 53.8. The van der Waals surface area contributed by atoms with Gasteiger partial charge in [-0.25, -0.2) is 14.4 Å². The van der Waals surface area contributed by atoms with Crippen LogP contribution in [0.25, 0.3) is 0 Å². The van der Waals surface area contributed by atoms with Gasteiger partial charge in [0, 0.05) is 16.7 Å². The molecule has 3 rings (SSSR count). The molecule has 0 saturated carbocycles. The van der Waals surface area contributed by atoms with Gasteiger partial charge in [-0.05, 0) is 57.2 Å². The second-order valence-electron chi connectivity index (χ2n) is 17.9. The fourth-order valence-corrected chi connectivity index (χ4v) is 5.57. The monoisotopic (exact) mass is 1040 g/mol. The maximum absolute atomic E-state index is 11.0. The first-order valence-corrected chi connectivity index (χ1v) is 27.1. The molecule has 12 heteroatoms. The lowest BCUT2D eigenvalue weighted by Gasteiger charge is -2.12. The number of carbonyl (C=O) groups excluding carboxylic acids is 3. The molecule has 3 atom stereocenters. The highest BCUT2D eigenvalue weighted by Gasteiger charge is 2.12. The average molecular weight is 1040 g/mol. The standard InChI is InChI=1S/3C13H16O4.2C10H22.C3H8/c3*1-10(2)13(15)17-9-11(14)8-16-12-6-4-3-5-7-12;2*1-3-5-7-9-10-8-6-4-2;1-3-2/h3*3-7,11,14H,1,8-9H2,2H3;2*3-10H2,1-2H3;3H2,1-2H3. The Morgan fingerprint density at radius 2 is 0.554 bits per heavy atom. The van der Waals surface area contributed by atoms with Gasteiger partial charge in [0.2, 0.25) is 0 Å². The summed E-state index contributed by atoms with van der Waals surface area (Å²) in [4.78, 5) is 33.1. The summed E-state index contributed by atoms with van der Waals surface area (Å²) in [5.41, 5.74) is 0.920. The number of ether oxygens (including phenoxy) is 6. The normalized spacial score (nSPS) is 11.0. The molecule has 3 N–H and O–H groups in total. The third-order valence-electron chi connectivity index (χ3n) is 9.74. The van der Waals surface area contributed by atoms with E-state index in [-0.39, 0.29) is 39.6 Å². The molecule has 0 fully saturated rings. The lowest BCUT2D eigenvalue weighted by atomic mass is 10.1. The second-order valence-corrected chi connectivity index (χ2v) is 17.9. The molecule has 0 radical (unpaired) electrons. The SMILES string of the molecule is C=C(C)C(=O)OCC(O)COc1ccccc1.C=C(C)C(=O)OCC(O)COc1ccccc1.C=C(C)C(=O)OCC(O)COc1ccccc1.CCC.CCCCCCCCCC.CCCCCCCCCC. The molecule has 0 aliphatic rings. The van der Waals surface area contributed by atoms with Crippen molar-refractivity contribution in [2.75, 3.05) is 39.6 Å². The summed E-state index contributed by atoms with van der Waals surface area (Å²) in [6, 6.07) is 27.3. The Morgan fingerprint density at radius 3 is 0.730 bits per heavy atom. The number of unbranched alkanes of at least 4 members (excludes halogenated alkanes) is 14.